The van der Waals surface area contributed by atoms with Crippen LogP contribution in [0.4, 0.5) is 0 Å². The molecule has 25 heavy (non-hydrogen) atoms. The van der Waals surface area contributed by atoms with Gasteiger partial charge in [-0.25, -0.2) is 0 Å². The Kier molecular flexibility index (Phi) is 4.29. The molecule has 0 bridgehead atoms. The lowest BCUT2D eigenvalue weighted by molar-refractivity contribution is 0.0733. The Labute approximate surface area is 146 Å². The van der Waals surface area contributed by atoms with Crippen molar-refractivity contribution in [3.63, 3.8) is 0 Å². The van der Waals surface area contributed by atoms with Crippen molar-refractivity contribution in [1.29, 1.82) is 0 Å². The lowest BCUT2D eigenvalue weighted by atomic mass is 10.1. The second-order valence-corrected chi connectivity index (χ2v) is 6.32. The van der Waals surface area contributed by atoms with E-state index in [0.717, 1.165) is 36.2 Å². The lowest BCUT2D eigenvalue weighted by Gasteiger charge is -2.24. The topological polar surface area (TPSA) is 51.0 Å². The molecule has 0 N–H and O–H groups in total. The first-order valence-electron chi connectivity index (χ1n) is 8.59. The SMILES string of the molecule is O=C(c1cccc(Cn2cccn2)c1)N1CCC[C@H]1c1ccccn1. The minimum Gasteiger partial charge on any atom is -0.330 e. The minimum absolute atomic E-state index is 0.0727. The molecule has 1 saturated heterocycles. The van der Waals surface area contributed by atoms with E-state index in [4.69, 9.17) is 0 Å². The second-order valence-electron chi connectivity index (χ2n) is 6.32. The van der Waals surface area contributed by atoms with E-state index in [2.05, 4.69) is 10.1 Å². The molecular formula is C20H20N4O. The van der Waals surface area contributed by atoms with Gasteiger partial charge in [0.2, 0.25) is 0 Å². The first-order chi connectivity index (χ1) is 12.3. The van der Waals surface area contributed by atoms with Gasteiger partial charge in [-0.3, -0.25) is 14.5 Å². The number of benzene rings is 1. The monoisotopic (exact) mass is 332 g/mol. The van der Waals surface area contributed by atoms with E-state index in [1.807, 2.05) is 64.3 Å². The highest BCUT2D eigenvalue weighted by Gasteiger charge is 2.31. The van der Waals surface area contributed by atoms with Crippen LogP contribution < -0.4 is 0 Å². The van der Waals surface area contributed by atoms with E-state index >= 15 is 0 Å². The summed E-state index contributed by atoms with van der Waals surface area (Å²) in [7, 11) is 0. The van der Waals surface area contributed by atoms with Crippen molar-refractivity contribution in [1.82, 2.24) is 19.7 Å². The van der Waals surface area contributed by atoms with Gasteiger partial charge in [0.05, 0.1) is 18.3 Å². The van der Waals surface area contributed by atoms with E-state index in [0.29, 0.717) is 6.54 Å². The number of aromatic nitrogens is 3. The maximum Gasteiger partial charge on any atom is 0.254 e. The van der Waals surface area contributed by atoms with Crippen molar-refractivity contribution in [3.8, 4) is 0 Å². The number of pyridine rings is 1. The maximum atomic E-state index is 13.1. The van der Waals surface area contributed by atoms with Crippen LogP contribution in [-0.4, -0.2) is 32.1 Å². The molecular weight excluding hydrogens is 312 g/mol. The molecule has 2 aromatic heterocycles. The average Bonchev–Trinajstić information content (AvgIpc) is 3.34. The van der Waals surface area contributed by atoms with Gasteiger partial charge in [-0.05, 0) is 48.7 Å². The first kappa shape index (κ1) is 15.6. The summed E-state index contributed by atoms with van der Waals surface area (Å²) >= 11 is 0. The fourth-order valence-electron chi connectivity index (χ4n) is 3.44. The molecule has 0 aliphatic carbocycles. The van der Waals surface area contributed by atoms with Crippen LogP contribution in [0.5, 0.6) is 0 Å². The molecule has 1 amide bonds. The predicted molar refractivity (Wildman–Crippen MR) is 95.0 cm³/mol. The molecule has 1 aromatic carbocycles. The smallest absolute Gasteiger partial charge is 0.254 e. The van der Waals surface area contributed by atoms with Crippen molar-refractivity contribution in [2.24, 2.45) is 0 Å². The van der Waals surface area contributed by atoms with Crippen LogP contribution in [0.3, 0.4) is 0 Å². The zero-order valence-corrected chi connectivity index (χ0v) is 14.0. The number of nitrogens with zero attached hydrogens (tertiary/aromatic N) is 4. The zero-order valence-electron chi connectivity index (χ0n) is 14.0. The summed E-state index contributed by atoms with van der Waals surface area (Å²) in [4.78, 5) is 19.5. The number of hydrogen-bond donors (Lipinski definition) is 0. The summed E-state index contributed by atoms with van der Waals surface area (Å²) in [6.07, 6.45) is 7.46. The van der Waals surface area contributed by atoms with Crippen molar-refractivity contribution >= 4 is 5.91 Å². The molecule has 5 heteroatoms. The highest BCUT2D eigenvalue weighted by Crippen LogP contribution is 2.32. The Morgan fingerprint density at radius 3 is 2.88 bits per heavy atom. The van der Waals surface area contributed by atoms with Gasteiger partial charge in [0.25, 0.3) is 5.91 Å². The largest absolute Gasteiger partial charge is 0.330 e. The second kappa shape index (κ2) is 6.89. The molecule has 0 saturated carbocycles. The molecule has 4 rings (SSSR count). The van der Waals surface area contributed by atoms with Crippen LogP contribution in [0.2, 0.25) is 0 Å². The highest BCUT2D eigenvalue weighted by atomic mass is 16.2. The van der Waals surface area contributed by atoms with E-state index < -0.39 is 0 Å². The Balaban J connectivity index is 1.56. The molecule has 3 aromatic rings. The molecule has 1 aliphatic rings. The normalized spacial score (nSPS) is 17.0. The molecule has 0 radical (unpaired) electrons. The third-order valence-electron chi connectivity index (χ3n) is 4.62. The molecule has 5 nitrogen and oxygen atoms in total. The van der Waals surface area contributed by atoms with Crippen LogP contribution >= 0.6 is 0 Å². The predicted octanol–water partition coefficient (Wildman–Crippen LogP) is 3.30. The Morgan fingerprint density at radius 1 is 1.12 bits per heavy atom. The summed E-state index contributed by atoms with van der Waals surface area (Å²) in [6.45, 7) is 1.45. The molecule has 1 atom stereocenters. The molecule has 3 heterocycles. The van der Waals surface area contributed by atoms with Gasteiger partial charge >= 0.3 is 0 Å². The van der Waals surface area contributed by atoms with Gasteiger partial charge in [-0.15, -0.1) is 0 Å². The summed E-state index contributed by atoms with van der Waals surface area (Å²) in [5.74, 6) is 0.0791. The van der Waals surface area contributed by atoms with Crippen LogP contribution in [-0.2, 0) is 6.54 Å². The van der Waals surface area contributed by atoms with Crippen molar-refractivity contribution < 1.29 is 4.79 Å². The van der Waals surface area contributed by atoms with E-state index in [9.17, 15) is 4.79 Å². The van der Waals surface area contributed by atoms with E-state index in [1.165, 1.54) is 0 Å². The average molecular weight is 332 g/mol. The number of rotatable bonds is 4. The van der Waals surface area contributed by atoms with Gasteiger partial charge in [-0.1, -0.05) is 18.2 Å². The zero-order chi connectivity index (χ0) is 17.1. The van der Waals surface area contributed by atoms with E-state index in [-0.39, 0.29) is 11.9 Å². The van der Waals surface area contributed by atoms with E-state index in [1.54, 1.807) is 12.4 Å². The molecule has 0 unspecified atom stereocenters. The van der Waals surface area contributed by atoms with Crippen LogP contribution in [0.15, 0.2) is 67.1 Å². The summed E-state index contributed by atoms with van der Waals surface area (Å²) in [5, 5.41) is 4.23. The number of likely N-dealkylation sites (tertiary alicyclic amines) is 1. The Bertz CT molecular complexity index is 845. The highest BCUT2D eigenvalue weighted by molar-refractivity contribution is 5.94. The van der Waals surface area contributed by atoms with Gasteiger partial charge in [0, 0.05) is 30.7 Å². The third kappa shape index (κ3) is 3.31. The first-order valence-corrected chi connectivity index (χ1v) is 8.59. The number of amides is 1. The number of carbonyl (C=O) groups is 1. The fourth-order valence-corrected chi connectivity index (χ4v) is 3.44. The standard InChI is InChI=1S/C20H20N4O/c25-20(24-13-4-9-19(24)18-8-1-2-10-21-18)17-7-3-6-16(14-17)15-23-12-5-11-22-23/h1-3,5-8,10-12,14,19H,4,9,13,15H2/t19-/m0/s1. The third-order valence-corrected chi connectivity index (χ3v) is 4.62. The minimum atomic E-state index is 0.0727. The Morgan fingerprint density at radius 2 is 2.08 bits per heavy atom. The van der Waals surface area contributed by atoms with Crippen LogP contribution in [0.1, 0.15) is 40.5 Å². The van der Waals surface area contributed by atoms with Crippen molar-refractivity contribution in [2.75, 3.05) is 6.54 Å². The molecule has 1 aliphatic heterocycles. The lowest BCUT2D eigenvalue weighted by Crippen LogP contribution is -2.31. The fraction of sp³-hybridized carbons (Fsp3) is 0.250. The molecule has 0 spiro atoms. The summed E-state index contributed by atoms with van der Waals surface area (Å²) in [6, 6.07) is 15.7. The van der Waals surface area contributed by atoms with Crippen LogP contribution in [0.25, 0.3) is 0 Å². The van der Waals surface area contributed by atoms with Crippen molar-refractivity contribution in [3.05, 3.63) is 83.9 Å². The quantitative estimate of drug-likeness (QED) is 0.736. The number of carbonyl (C=O) groups excluding carboxylic acids is 1. The van der Waals surface area contributed by atoms with Gasteiger partial charge in [0.15, 0.2) is 0 Å². The molecule has 1 fully saturated rings. The number of hydrogen-bond acceptors (Lipinski definition) is 3. The molecule has 126 valence electrons. The van der Waals surface area contributed by atoms with Gasteiger partial charge < -0.3 is 4.90 Å². The maximum absolute atomic E-state index is 13.1. The summed E-state index contributed by atoms with van der Waals surface area (Å²) < 4.78 is 1.86. The van der Waals surface area contributed by atoms with Crippen molar-refractivity contribution in [2.45, 2.75) is 25.4 Å². The Hall–Kier alpha value is -2.95. The summed E-state index contributed by atoms with van der Waals surface area (Å²) in [5.41, 5.74) is 2.77. The van der Waals surface area contributed by atoms with Crippen LogP contribution in [0, 0.1) is 0 Å². The van der Waals surface area contributed by atoms with Gasteiger partial charge in [-0.2, -0.15) is 5.10 Å². The van der Waals surface area contributed by atoms with Gasteiger partial charge in [0.1, 0.15) is 0 Å².